The molecular formula is C28H22N2O3. The molecule has 1 aromatic heterocycles. The van der Waals surface area contributed by atoms with E-state index in [1.54, 1.807) is 0 Å². The van der Waals surface area contributed by atoms with Crippen molar-refractivity contribution in [2.45, 2.75) is 12.1 Å². The average Bonchev–Trinajstić information content (AvgIpc) is 3.61. The van der Waals surface area contributed by atoms with Crippen LogP contribution in [0.1, 0.15) is 23.2 Å². The first-order valence-corrected chi connectivity index (χ1v) is 11.1. The number of ether oxygens (including phenoxy) is 2. The molecule has 33 heavy (non-hydrogen) atoms. The molecule has 2 aliphatic rings. The van der Waals surface area contributed by atoms with Crippen LogP contribution in [-0.4, -0.2) is 25.0 Å². The predicted molar refractivity (Wildman–Crippen MR) is 130 cm³/mol. The number of hydrogen-bond acceptors (Lipinski definition) is 5. The summed E-state index contributed by atoms with van der Waals surface area (Å²) >= 11 is 0. The highest BCUT2D eigenvalue weighted by molar-refractivity contribution is 6.08. The Hall–Kier alpha value is -4.12. The summed E-state index contributed by atoms with van der Waals surface area (Å²) in [6.07, 6.45) is 3.74. The maximum absolute atomic E-state index is 6.24. The Kier molecular flexibility index (Phi) is 5.00. The van der Waals surface area contributed by atoms with E-state index < -0.39 is 0 Å². The Labute approximate surface area is 191 Å². The fraction of sp³-hybridized carbons (Fsp3) is 0.143. The summed E-state index contributed by atoms with van der Waals surface area (Å²) in [6.45, 7) is 1.05. The minimum atomic E-state index is 0.000809. The van der Waals surface area contributed by atoms with E-state index in [1.807, 2.05) is 72.8 Å². The van der Waals surface area contributed by atoms with E-state index in [2.05, 4.69) is 24.3 Å². The van der Waals surface area contributed by atoms with E-state index in [4.69, 9.17) is 23.9 Å². The van der Waals surface area contributed by atoms with Crippen molar-refractivity contribution in [2.24, 2.45) is 9.98 Å². The van der Waals surface area contributed by atoms with Crippen molar-refractivity contribution < 1.29 is 13.9 Å². The van der Waals surface area contributed by atoms with E-state index in [0.717, 1.165) is 21.9 Å². The molecule has 3 heterocycles. The largest absolute Gasteiger partial charge is 0.475 e. The zero-order valence-electron chi connectivity index (χ0n) is 17.9. The van der Waals surface area contributed by atoms with Gasteiger partial charge in [-0.1, -0.05) is 84.9 Å². The van der Waals surface area contributed by atoms with Gasteiger partial charge in [-0.25, -0.2) is 9.98 Å². The summed E-state index contributed by atoms with van der Waals surface area (Å²) < 4.78 is 17.9. The lowest BCUT2D eigenvalue weighted by molar-refractivity contribution is 0.322. The van der Waals surface area contributed by atoms with Gasteiger partial charge < -0.3 is 13.9 Å². The standard InChI is InChI=1S/C28H22N2O3/c1-3-9-19(10-4-1)23-17-31-27(29-23)15-25-21-13-7-8-14-22(21)26(33-25)16-28-30-24(18-32-28)20-11-5-2-6-12-20/h1-16,23-24H,17-18H2/b25-15-,26-16-/t23-,24+. The van der Waals surface area contributed by atoms with E-state index in [-0.39, 0.29) is 12.1 Å². The van der Waals surface area contributed by atoms with Crippen molar-refractivity contribution in [3.05, 3.63) is 107 Å². The van der Waals surface area contributed by atoms with Gasteiger partial charge in [0.2, 0.25) is 11.8 Å². The average molecular weight is 434 g/mol. The summed E-state index contributed by atoms with van der Waals surface area (Å²) in [5.74, 6) is 1.15. The van der Waals surface area contributed by atoms with Crippen molar-refractivity contribution in [3.8, 4) is 0 Å². The lowest BCUT2D eigenvalue weighted by atomic mass is 10.1. The maximum atomic E-state index is 6.24. The third kappa shape index (κ3) is 3.94. The molecule has 0 amide bonds. The molecule has 5 heteroatoms. The van der Waals surface area contributed by atoms with Gasteiger partial charge >= 0.3 is 0 Å². The smallest absolute Gasteiger partial charge is 0.213 e. The van der Waals surface area contributed by atoms with Gasteiger partial charge in [0.25, 0.3) is 0 Å². The molecule has 0 saturated carbocycles. The van der Waals surface area contributed by atoms with Gasteiger partial charge in [-0.15, -0.1) is 0 Å². The molecule has 0 bridgehead atoms. The van der Waals surface area contributed by atoms with Gasteiger partial charge in [0.05, 0.1) is 0 Å². The molecule has 0 N–H and O–H groups in total. The summed E-state index contributed by atoms with van der Waals surface area (Å²) in [4.78, 5) is 9.47. The van der Waals surface area contributed by atoms with Crippen LogP contribution in [0.3, 0.4) is 0 Å². The number of benzene rings is 3. The second kappa shape index (κ2) is 8.43. The van der Waals surface area contributed by atoms with Crippen LogP contribution in [0, 0.1) is 0 Å². The molecule has 0 unspecified atom stereocenters. The second-order valence-corrected chi connectivity index (χ2v) is 8.07. The molecule has 0 saturated heterocycles. The Morgan fingerprint density at radius 2 is 1.00 bits per heavy atom. The molecular weight excluding hydrogens is 412 g/mol. The van der Waals surface area contributed by atoms with Crippen LogP contribution >= 0.6 is 0 Å². The highest BCUT2D eigenvalue weighted by Gasteiger charge is 2.21. The molecule has 2 aliphatic heterocycles. The SMILES string of the molecule is C(/C1=N[C@H](c2ccccc2)CO1)=c1/o/c(=C\C2=N[C@@H](c3ccccc3)CO2)c2ccccc12. The Morgan fingerprint density at radius 3 is 1.45 bits per heavy atom. The number of rotatable bonds is 4. The van der Waals surface area contributed by atoms with Gasteiger partial charge in [0.15, 0.2) is 0 Å². The molecule has 0 radical (unpaired) electrons. The Morgan fingerprint density at radius 1 is 0.576 bits per heavy atom. The highest BCUT2D eigenvalue weighted by Crippen LogP contribution is 2.24. The van der Waals surface area contributed by atoms with Crippen LogP contribution in [0.2, 0.25) is 0 Å². The third-order valence-corrected chi connectivity index (χ3v) is 5.90. The van der Waals surface area contributed by atoms with Crippen molar-refractivity contribution in [1.82, 2.24) is 0 Å². The van der Waals surface area contributed by atoms with E-state index in [0.29, 0.717) is 35.8 Å². The third-order valence-electron chi connectivity index (χ3n) is 5.90. The molecule has 3 aromatic carbocycles. The van der Waals surface area contributed by atoms with Crippen LogP contribution in [-0.2, 0) is 9.47 Å². The van der Waals surface area contributed by atoms with Crippen LogP contribution in [0.25, 0.3) is 22.9 Å². The van der Waals surface area contributed by atoms with E-state index in [1.165, 1.54) is 0 Å². The zero-order valence-corrected chi connectivity index (χ0v) is 17.9. The fourth-order valence-electron chi connectivity index (χ4n) is 4.21. The van der Waals surface area contributed by atoms with Gasteiger partial charge in [0, 0.05) is 22.9 Å². The van der Waals surface area contributed by atoms with Crippen LogP contribution in [0.15, 0.2) is 99.3 Å². The number of nitrogens with zero attached hydrogens (tertiary/aromatic N) is 2. The first kappa shape index (κ1) is 19.6. The van der Waals surface area contributed by atoms with Crippen LogP contribution in [0.5, 0.6) is 0 Å². The summed E-state index contributed by atoms with van der Waals surface area (Å²) in [5.41, 5.74) is 3.71. The zero-order chi connectivity index (χ0) is 22.0. The molecule has 4 aromatic rings. The second-order valence-electron chi connectivity index (χ2n) is 8.07. The molecule has 6 rings (SSSR count). The normalized spacial score (nSPS) is 21.1. The molecule has 2 atom stereocenters. The number of fused-ring (bicyclic) bond motifs is 1. The van der Waals surface area contributed by atoms with Crippen molar-refractivity contribution in [1.29, 1.82) is 0 Å². The van der Waals surface area contributed by atoms with Crippen LogP contribution in [0.4, 0.5) is 0 Å². The molecule has 0 fully saturated rings. The van der Waals surface area contributed by atoms with Crippen LogP contribution < -0.4 is 10.8 Å². The highest BCUT2D eigenvalue weighted by atomic mass is 16.5. The minimum absolute atomic E-state index is 0.000809. The van der Waals surface area contributed by atoms with Gasteiger partial charge in [-0.2, -0.15) is 0 Å². The summed E-state index contributed by atoms with van der Waals surface area (Å²) in [5, 5.41) is 1.99. The Bertz CT molecular complexity index is 1360. The maximum Gasteiger partial charge on any atom is 0.213 e. The monoisotopic (exact) mass is 434 g/mol. The number of hydrogen-bond donors (Lipinski definition) is 0. The van der Waals surface area contributed by atoms with E-state index in [9.17, 15) is 0 Å². The lowest BCUT2D eigenvalue weighted by Gasteiger charge is -2.03. The molecule has 0 aliphatic carbocycles. The predicted octanol–water partition coefficient (Wildman–Crippen LogP) is 4.33. The molecule has 162 valence electrons. The van der Waals surface area contributed by atoms with Gasteiger partial charge in [-0.05, 0) is 11.1 Å². The van der Waals surface area contributed by atoms with Crippen molar-refractivity contribution in [2.75, 3.05) is 13.2 Å². The lowest BCUT2D eigenvalue weighted by Crippen LogP contribution is -2.07. The fourth-order valence-corrected chi connectivity index (χ4v) is 4.21. The Balaban J connectivity index is 1.37. The van der Waals surface area contributed by atoms with Gasteiger partial charge in [-0.3, -0.25) is 0 Å². The molecule has 0 spiro atoms. The summed E-state index contributed by atoms with van der Waals surface area (Å²) in [6, 6.07) is 28.4. The van der Waals surface area contributed by atoms with E-state index >= 15 is 0 Å². The summed E-state index contributed by atoms with van der Waals surface area (Å²) in [7, 11) is 0. The van der Waals surface area contributed by atoms with Gasteiger partial charge in [0.1, 0.15) is 36.1 Å². The first-order chi connectivity index (χ1) is 16.3. The van der Waals surface area contributed by atoms with Crippen molar-refractivity contribution in [3.63, 3.8) is 0 Å². The molecule has 5 nitrogen and oxygen atoms in total. The first-order valence-electron chi connectivity index (χ1n) is 11.1. The van der Waals surface area contributed by atoms with Crippen molar-refractivity contribution >= 4 is 34.7 Å². The number of furan rings is 1. The minimum Gasteiger partial charge on any atom is -0.475 e. The quantitative estimate of drug-likeness (QED) is 0.480. The topological polar surface area (TPSA) is 56.3 Å². The number of aliphatic imine (C=N–C) groups is 2.